The molecule has 2 aliphatic rings. The highest BCUT2D eigenvalue weighted by Gasteiger charge is 2.33. The van der Waals surface area contributed by atoms with E-state index >= 15 is 0 Å². The summed E-state index contributed by atoms with van der Waals surface area (Å²) in [6.07, 6.45) is 10.1. The van der Waals surface area contributed by atoms with Crippen molar-refractivity contribution in [1.29, 1.82) is 0 Å². The summed E-state index contributed by atoms with van der Waals surface area (Å²) in [5, 5.41) is 0. The van der Waals surface area contributed by atoms with Gasteiger partial charge in [-0.2, -0.15) is 0 Å². The van der Waals surface area contributed by atoms with Crippen molar-refractivity contribution in [3.63, 3.8) is 0 Å². The summed E-state index contributed by atoms with van der Waals surface area (Å²) in [4.78, 5) is 2.79. The van der Waals surface area contributed by atoms with Crippen LogP contribution in [0.2, 0.25) is 0 Å². The Bertz CT molecular complexity index is 233. The zero-order valence-electron chi connectivity index (χ0n) is 12.4. The van der Waals surface area contributed by atoms with E-state index in [1.54, 1.807) is 0 Å². The smallest absolute Gasteiger partial charge is 0.0124 e. The van der Waals surface area contributed by atoms with Crippen molar-refractivity contribution in [2.75, 3.05) is 19.6 Å². The van der Waals surface area contributed by atoms with E-state index in [0.29, 0.717) is 5.92 Å². The van der Waals surface area contributed by atoms with Crippen LogP contribution in [0.25, 0.3) is 0 Å². The van der Waals surface area contributed by atoms with Gasteiger partial charge >= 0.3 is 0 Å². The Morgan fingerprint density at radius 2 is 1.83 bits per heavy atom. The maximum Gasteiger partial charge on any atom is 0.0124 e. The van der Waals surface area contributed by atoms with E-state index in [1.165, 1.54) is 58.0 Å². The Hall–Kier alpha value is -0.0800. The van der Waals surface area contributed by atoms with Crippen LogP contribution in [0.3, 0.4) is 0 Å². The molecule has 0 aromatic carbocycles. The standard InChI is InChI=1S/C16H32N2/c1-13(2)10-14(11-17)12-18-9-5-8-16(18)15-6-3-4-7-15/h13-16H,3-12,17H2,1-2H3. The van der Waals surface area contributed by atoms with Gasteiger partial charge in [-0.3, -0.25) is 4.90 Å². The number of likely N-dealkylation sites (tertiary alicyclic amines) is 1. The Kier molecular flexibility index (Phi) is 5.50. The van der Waals surface area contributed by atoms with E-state index in [-0.39, 0.29) is 0 Å². The van der Waals surface area contributed by atoms with Crippen molar-refractivity contribution in [1.82, 2.24) is 4.90 Å². The molecule has 106 valence electrons. The van der Waals surface area contributed by atoms with E-state index in [9.17, 15) is 0 Å². The van der Waals surface area contributed by atoms with Gasteiger partial charge in [-0.1, -0.05) is 26.7 Å². The molecule has 0 amide bonds. The maximum absolute atomic E-state index is 5.97. The van der Waals surface area contributed by atoms with Gasteiger partial charge in [0.15, 0.2) is 0 Å². The lowest BCUT2D eigenvalue weighted by Gasteiger charge is -2.32. The molecule has 2 atom stereocenters. The van der Waals surface area contributed by atoms with E-state index in [2.05, 4.69) is 18.7 Å². The van der Waals surface area contributed by atoms with Crippen LogP contribution >= 0.6 is 0 Å². The highest BCUT2D eigenvalue weighted by molar-refractivity contribution is 4.88. The van der Waals surface area contributed by atoms with Crippen molar-refractivity contribution >= 4 is 0 Å². The Morgan fingerprint density at radius 1 is 1.11 bits per heavy atom. The zero-order chi connectivity index (χ0) is 13.0. The fourth-order valence-electron chi connectivity index (χ4n) is 4.20. The molecule has 1 saturated carbocycles. The quantitative estimate of drug-likeness (QED) is 0.786. The molecule has 2 unspecified atom stereocenters. The third-order valence-corrected chi connectivity index (χ3v) is 4.99. The number of hydrogen-bond acceptors (Lipinski definition) is 2. The highest BCUT2D eigenvalue weighted by Crippen LogP contribution is 2.35. The molecule has 18 heavy (non-hydrogen) atoms. The first kappa shape index (κ1) is 14.3. The molecule has 0 radical (unpaired) electrons. The second-order valence-electron chi connectivity index (χ2n) is 6.98. The van der Waals surface area contributed by atoms with Crippen LogP contribution in [0.4, 0.5) is 0 Å². The third kappa shape index (κ3) is 3.71. The van der Waals surface area contributed by atoms with Gasteiger partial charge in [0.1, 0.15) is 0 Å². The molecule has 0 aromatic rings. The fraction of sp³-hybridized carbons (Fsp3) is 1.00. The molecule has 2 N–H and O–H groups in total. The second-order valence-corrected chi connectivity index (χ2v) is 6.98. The molecule has 2 fully saturated rings. The van der Waals surface area contributed by atoms with Crippen molar-refractivity contribution in [2.45, 2.75) is 64.8 Å². The fourth-order valence-corrected chi connectivity index (χ4v) is 4.20. The molecule has 2 nitrogen and oxygen atoms in total. The minimum atomic E-state index is 0.715. The lowest BCUT2D eigenvalue weighted by Crippen LogP contribution is -2.40. The van der Waals surface area contributed by atoms with E-state index < -0.39 is 0 Å². The minimum Gasteiger partial charge on any atom is -0.330 e. The van der Waals surface area contributed by atoms with Gasteiger partial charge in [-0.25, -0.2) is 0 Å². The molecule has 1 aliphatic carbocycles. The average Bonchev–Trinajstić information content (AvgIpc) is 2.96. The van der Waals surface area contributed by atoms with Gasteiger partial charge in [0, 0.05) is 12.6 Å². The molecular formula is C16H32N2. The predicted molar refractivity (Wildman–Crippen MR) is 78.6 cm³/mol. The average molecular weight is 252 g/mol. The van der Waals surface area contributed by atoms with Crippen LogP contribution < -0.4 is 5.73 Å². The van der Waals surface area contributed by atoms with Gasteiger partial charge in [-0.15, -0.1) is 0 Å². The Morgan fingerprint density at radius 3 is 2.44 bits per heavy atom. The summed E-state index contributed by atoms with van der Waals surface area (Å²) in [7, 11) is 0. The van der Waals surface area contributed by atoms with Crippen molar-refractivity contribution in [2.24, 2.45) is 23.5 Å². The van der Waals surface area contributed by atoms with Crippen LogP contribution in [0.1, 0.15) is 58.8 Å². The predicted octanol–water partition coefficient (Wildman–Crippen LogP) is 3.26. The summed E-state index contributed by atoms with van der Waals surface area (Å²) < 4.78 is 0. The third-order valence-electron chi connectivity index (χ3n) is 4.99. The first-order valence-electron chi connectivity index (χ1n) is 8.14. The van der Waals surface area contributed by atoms with Crippen LogP contribution in [-0.2, 0) is 0 Å². The van der Waals surface area contributed by atoms with Crippen molar-refractivity contribution in [3.8, 4) is 0 Å². The minimum absolute atomic E-state index is 0.715. The molecule has 2 heteroatoms. The summed E-state index contributed by atoms with van der Waals surface area (Å²) >= 11 is 0. The second kappa shape index (κ2) is 6.91. The zero-order valence-corrected chi connectivity index (χ0v) is 12.4. The monoisotopic (exact) mass is 252 g/mol. The van der Waals surface area contributed by atoms with Gasteiger partial charge in [-0.05, 0) is 62.9 Å². The summed E-state index contributed by atoms with van der Waals surface area (Å²) in [6.45, 7) is 8.10. The molecule has 1 heterocycles. The number of nitrogens with two attached hydrogens (primary N) is 1. The number of hydrogen-bond donors (Lipinski definition) is 1. The van der Waals surface area contributed by atoms with Crippen molar-refractivity contribution in [3.05, 3.63) is 0 Å². The van der Waals surface area contributed by atoms with Gasteiger partial charge in [0.25, 0.3) is 0 Å². The molecule has 1 saturated heterocycles. The van der Waals surface area contributed by atoms with Crippen LogP contribution in [-0.4, -0.2) is 30.6 Å². The van der Waals surface area contributed by atoms with Crippen molar-refractivity contribution < 1.29 is 0 Å². The normalized spacial score (nSPS) is 28.3. The van der Waals surface area contributed by atoms with E-state index in [4.69, 9.17) is 5.73 Å². The SMILES string of the molecule is CC(C)CC(CN)CN1CCCC1C1CCCC1. The topological polar surface area (TPSA) is 29.3 Å². The Labute approximate surface area is 113 Å². The summed E-state index contributed by atoms with van der Waals surface area (Å²) in [6, 6.07) is 0.897. The van der Waals surface area contributed by atoms with Gasteiger partial charge < -0.3 is 5.73 Å². The summed E-state index contributed by atoms with van der Waals surface area (Å²) in [5.41, 5.74) is 5.97. The molecule has 0 aromatic heterocycles. The van der Waals surface area contributed by atoms with Crippen LogP contribution in [0, 0.1) is 17.8 Å². The van der Waals surface area contributed by atoms with E-state index in [1.807, 2.05) is 0 Å². The summed E-state index contributed by atoms with van der Waals surface area (Å²) in [5.74, 6) is 2.50. The first-order chi connectivity index (χ1) is 8.70. The molecule has 2 rings (SSSR count). The van der Waals surface area contributed by atoms with Crippen LogP contribution in [0.15, 0.2) is 0 Å². The largest absolute Gasteiger partial charge is 0.330 e. The van der Waals surface area contributed by atoms with Gasteiger partial charge in [0.05, 0.1) is 0 Å². The molecular weight excluding hydrogens is 220 g/mol. The highest BCUT2D eigenvalue weighted by atomic mass is 15.2. The van der Waals surface area contributed by atoms with Gasteiger partial charge in [0.2, 0.25) is 0 Å². The van der Waals surface area contributed by atoms with Crippen LogP contribution in [0.5, 0.6) is 0 Å². The lowest BCUT2D eigenvalue weighted by molar-refractivity contribution is 0.158. The lowest BCUT2D eigenvalue weighted by atomic mass is 9.93. The molecule has 0 spiro atoms. The molecule has 0 bridgehead atoms. The number of nitrogens with zero attached hydrogens (tertiary/aromatic N) is 1. The van der Waals surface area contributed by atoms with E-state index in [0.717, 1.165) is 24.4 Å². The molecule has 1 aliphatic heterocycles. The maximum atomic E-state index is 5.97. The number of rotatable bonds is 6. The first-order valence-corrected chi connectivity index (χ1v) is 8.14. The Balaban J connectivity index is 1.85.